The van der Waals surface area contributed by atoms with Gasteiger partial charge in [0, 0.05) is 11.6 Å². The van der Waals surface area contributed by atoms with Crippen molar-refractivity contribution >= 4 is 11.9 Å². The molecule has 1 heterocycles. The number of ether oxygens (including phenoxy) is 1. The Morgan fingerprint density at radius 1 is 1.14 bits per heavy atom. The van der Waals surface area contributed by atoms with Gasteiger partial charge in [0.1, 0.15) is 5.82 Å². The summed E-state index contributed by atoms with van der Waals surface area (Å²) in [4.78, 5) is 25.8. The van der Waals surface area contributed by atoms with E-state index in [9.17, 15) is 19.1 Å². The van der Waals surface area contributed by atoms with Gasteiger partial charge in [-0.1, -0.05) is 6.07 Å². The normalized spacial score (nSPS) is 10.2. The van der Waals surface area contributed by atoms with Gasteiger partial charge < -0.3 is 14.9 Å². The second kappa shape index (κ2) is 5.58. The maximum atomic E-state index is 13.9. The second-order valence-corrected chi connectivity index (χ2v) is 4.08. The minimum Gasteiger partial charge on any atom is -0.481 e. The summed E-state index contributed by atoms with van der Waals surface area (Å²) in [6, 6.07) is 4.67. The van der Waals surface area contributed by atoms with Crippen molar-refractivity contribution in [3.8, 4) is 17.0 Å². The van der Waals surface area contributed by atoms with Crippen LogP contribution < -0.4 is 4.74 Å². The lowest BCUT2D eigenvalue weighted by Gasteiger charge is -2.09. The van der Waals surface area contributed by atoms with Crippen LogP contribution in [0.4, 0.5) is 4.39 Å². The first-order valence-corrected chi connectivity index (χ1v) is 5.74. The van der Waals surface area contributed by atoms with Crippen molar-refractivity contribution in [1.29, 1.82) is 0 Å². The van der Waals surface area contributed by atoms with E-state index in [0.717, 1.165) is 12.3 Å². The van der Waals surface area contributed by atoms with E-state index >= 15 is 0 Å². The number of pyridine rings is 1. The molecule has 0 unspecified atom stereocenters. The molecule has 0 aliphatic heterocycles. The minimum absolute atomic E-state index is 0.0313. The molecule has 0 amide bonds. The average molecular weight is 291 g/mol. The molecule has 0 aliphatic rings. The number of rotatable bonds is 4. The van der Waals surface area contributed by atoms with Gasteiger partial charge in [-0.2, -0.15) is 0 Å². The molecule has 0 radical (unpaired) electrons. The average Bonchev–Trinajstić information content (AvgIpc) is 2.47. The standard InChI is InChI=1S/C14H10FNO5/c1-21-12-5-9(11(15)6-16-12)8-3-2-7(13(17)18)4-10(8)14(19)20/h2-6H,1H3,(H,17,18)(H,19,20). The zero-order chi connectivity index (χ0) is 15.6. The van der Waals surface area contributed by atoms with Crippen LogP contribution in [0.15, 0.2) is 30.5 Å². The summed E-state index contributed by atoms with van der Waals surface area (Å²) in [5, 5.41) is 18.1. The topological polar surface area (TPSA) is 96.7 Å². The molecular formula is C14H10FNO5. The van der Waals surface area contributed by atoms with Gasteiger partial charge >= 0.3 is 11.9 Å². The lowest BCUT2D eigenvalue weighted by molar-refractivity contribution is 0.0696. The lowest BCUT2D eigenvalue weighted by Crippen LogP contribution is -2.05. The summed E-state index contributed by atoms with van der Waals surface area (Å²) >= 11 is 0. The number of aromatic nitrogens is 1. The molecule has 0 saturated carbocycles. The first-order valence-electron chi connectivity index (χ1n) is 5.74. The highest BCUT2D eigenvalue weighted by Crippen LogP contribution is 2.29. The molecule has 0 fully saturated rings. The van der Waals surface area contributed by atoms with Gasteiger partial charge in [-0.05, 0) is 17.7 Å². The Balaban J connectivity index is 2.68. The third-order valence-electron chi connectivity index (χ3n) is 2.83. The van der Waals surface area contributed by atoms with Crippen molar-refractivity contribution in [2.45, 2.75) is 0 Å². The van der Waals surface area contributed by atoms with Crippen LogP contribution in [-0.4, -0.2) is 34.2 Å². The summed E-state index contributed by atoms with van der Waals surface area (Å²) in [6.45, 7) is 0. The summed E-state index contributed by atoms with van der Waals surface area (Å²) < 4.78 is 18.7. The largest absolute Gasteiger partial charge is 0.481 e. The molecule has 0 atom stereocenters. The number of aromatic carboxylic acids is 2. The predicted octanol–water partition coefficient (Wildman–Crippen LogP) is 2.29. The molecule has 0 aliphatic carbocycles. The van der Waals surface area contributed by atoms with Crippen molar-refractivity contribution in [2.24, 2.45) is 0 Å². The smallest absolute Gasteiger partial charge is 0.336 e. The Kier molecular flexibility index (Phi) is 3.84. The molecule has 0 spiro atoms. The highest BCUT2D eigenvalue weighted by molar-refractivity contribution is 5.99. The number of hydrogen-bond donors (Lipinski definition) is 2. The molecule has 0 bridgehead atoms. The third kappa shape index (κ3) is 2.81. The van der Waals surface area contributed by atoms with Gasteiger partial charge in [-0.15, -0.1) is 0 Å². The van der Waals surface area contributed by atoms with Gasteiger partial charge in [0.05, 0.1) is 24.4 Å². The number of carbonyl (C=O) groups is 2. The van der Waals surface area contributed by atoms with Crippen LogP contribution in [0, 0.1) is 5.82 Å². The molecule has 0 saturated heterocycles. The van der Waals surface area contributed by atoms with Gasteiger partial charge in [0.15, 0.2) is 0 Å². The highest BCUT2D eigenvalue weighted by atomic mass is 19.1. The summed E-state index contributed by atoms with van der Waals surface area (Å²) in [7, 11) is 1.34. The van der Waals surface area contributed by atoms with E-state index in [-0.39, 0.29) is 28.1 Å². The maximum absolute atomic E-state index is 13.9. The van der Waals surface area contributed by atoms with E-state index in [1.54, 1.807) is 0 Å². The Hall–Kier alpha value is -2.96. The third-order valence-corrected chi connectivity index (χ3v) is 2.83. The number of carboxylic acids is 2. The fourth-order valence-electron chi connectivity index (χ4n) is 1.83. The van der Waals surface area contributed by atoms with Crippen molar-refractivity contribution in [3.05, 3.63) is 47.4 Å². The number of nitrogens with zero attached hydrogens (tertiary/aromatic N) is 1. The molecule has 21 heavy (non-hydrogen) atoms. The van der Waals surface area contributed by atoms with Crippen molar-refractivity contribution in [2.75, 3.05) is 7.11 Å². The Labute approximate surface area is 118 Å². The van der Waals surface area contributed by atoms with Crippen LogP contribution >= 0.6 is 0 Å². The number of methoxy groups -OCH3 is 1. The zero-order valence-electron chi connectivity index (χ0n) is 10.8. The lowest BCUT2D eigenvalue weighted by atomic mass is 9.98. The first-order chi connectivity index (χ1) is 9.93. The van der Waals surface area contributed by atoms with Gasteiger partial charge in [-0.25, -0.2) is 19.0 Å². The highest BCUT2D eigenvalue weighted by Gasteiger charge is 2.18. The fourth-order valence-corrected chi connectivity index (χ4v) is 1.83. The van der Waals surface area contributed by atoms with E-state index in [1.165, 1.54) is 25.3 Å². The van der Waals surface area contributed by atoms with E-state index in [0.29, 0.717) is 0 Å². The van der Waals surface area contributed by atoms with Crippen LogP contribution in [-0.2, 0) is 0 Å². The Morgan fingerprint density at radius 3 is 2.43 bits per heavy atom. The van der Waals surface area contributed by atoms with Gasteiger partial charge in [-0.3, -0.25) is 0 Å². The summed E-state index contributed by atoms with van der Waals surface area (Å²) in [6.07, 6.45) is 0.908. The number of halogens is 1. The fraction of sp³-hybridized carbons (Fsp3) is 0.0714. The van der Waals surface area contributed by atoms with Crippen LogP contribution in [0.3, 0.4) is 0 Å². The number of hydrogen-bond acceptors (Lipinski definition) is 4. The number of carboxylic acid groups (broad SMARTS) is 2. The van der Waals surface area contributed by atoms with Crippen LogP contribution in [0.1, 0.15) is 20.7 Å². The van der Waals surface area contributed by atoms with Crippen molar-refractivity contribution < 1.29 is 28.9 Å². The van der Waals surface area contributed by atoms with Crippen LogP contribution in [0.5, 0.6) is 5.88 Å². The molecule has 7 heteroatoms. The molecule has 1 aromatic heterocycles. The Bertz CT molecular complexity index is 729. The monoisotopic (exact) mass is 291 g/mol. The SMILES string of the molecule is COc1cc(-c2ccc(C(=O)O)cc2C(=O)O)c(F)cn1. The van der Waals surface area contributed by atoms with E-state index < -0.39 is 17.8 Å². The van der Waals surface area contributed by atoms with Crippen LogP contribution in [0.25, 0.3) is 11.1 Å². The molecule has 2 aromatic rings. The molecule has 2 rings (SSSR count). The number of benzene rings is 1. The molecular weight excluding hydrogens is 281 g/mol. The van der Waals surface area contributed by atoms with Gasteiger partial charge in [0.25, 0.3) is 0 Å². The van der Waals surface area contributed by atoms with Crippen LogP contribution in [0.2, 0.25) is 0 Å². The van der Waals surface area contributed by atoms with E-state index in [4.69, 9.17) is 9.84 Å². The van der Waals surface area contributed by atoms with E-state index in [1.807, 2.05) is 0 Å². The Morgan fingerprint density at radius 2 is 1.86 bits per heavy atom. The maximum Gasteiger partial charge on any atom is 0.336 e. The zero-order valence-corrected chi connectivity index (χ0v) is 10.8. The molecule has 2 N–H and O–H groups in total. The molecule has 1 aromatic carbocycles. The first kappa shape index (κ1) is 14.4. The van der Waals surface area contributed by atoms with Crippen molar-refractivity contribution in [3.63, 3.8) is 0 Å². The summed E-state index contributed by atoms with van der Waals surface area (Å²) in [5.41, 5.74) is -0.499. The quantitative estimate of drug-likeness (QED) is 0.897. The molecule has 6 nitrogen and oxygen atoms in total. The van der Waals surface area contributed by atoms with Gasteiger partial charge in [0.2, 0.25) is 5.88 Å². The summed E-state index contributed by atoms with van der Waals surface area (Å²) in [5.74, 6) is -3.24. The predicted molar refractivity (Wildman–Crippen MR) is 70.1 cm³/mol. The van der Waals surface area contributed by atoms with E-state index in [2.05, 4.69) is 4.98 Å². The minimum atomic E-state index is -1.36. The molecule has 108 valence electrons. The second-order valence-electron chi connectivity index (χ2n) is 4.08. The van der Waals surface area contributed by atoms with Crippen molar-refractivity contribution in [1.82, 2.24) is 4.98 Å².